The summed E-state index contributed by atoms with van der Waals surface area (Å²) in [6, 6.07) is 9.06. The molecular weight excluding hydrogens is 418 g/mol. The molecule has 1 aromatic carbocycles. The zero-order valence-electron chi connectivity index (χ0n) is 20.0. The number of pyridine rings is 1. The molecule has 2 aromatic rings. The molecule has 1 aromatic heterocycles. The number of nitrogens with two attached hydrogens (primary N) is 1. The number of ether oxygens (including phenoxy) is 2. The minimum absolute atomic E-state index is 0.0214. The number of carbonyl (C=O) groups is 2. The fourth-order valence-corrected chi connectivity index (χ4v) is 4.58. The van der Waals surface area contributed by atoms with Gasteiger partial charge in [0.25, 0.3) is 0 Å². The molecule has 0 bridgehead atoms. The van der Waals surface area contributed by atoms with Crippen molar-refractivity contribution in [3.05, 3.63) is 47.2 Å². The van der Waals surface area contributed by atoms with Gasteiger partial charge in [0.15, 0.2) is 5.78 Å². The first-order chi connectivity index (χ1) is 15.8. The zero-order valence-corrected chi connectivity index (χ0v) is 20.0. The molecule has 3 N–H and O–H groups in total. The second kappa shape index (κ2) is 11.2. The van der Waals surface area contributed by atoms with Crippen LogP contribution in [0.1, 0.15) is 49.4 Å². The van der Waals surface area contributed by atoms with Gasteiger partial charge < -0.3 is 20.5 Å². The summed E-state index contributed by atoms with van der Waals surface area (Å²) < 4.78 is 10.7. The molecule has 1 aliphatic carbocycles. The summed E-state index contributed by atoms with van der Waals surface area (Å²) in [7, 11) is 3.29. The molecule has 1 amide bonds. The van der Waals surface area contributed by atoms with E-state index >= 15 is 0 Å². The van der Waals surface area contributed by atoms with E-state index in [9.17, 15) is 9.59 Å². The lowest BCUT2D eigenvalue weighted by atomic mass is 9.96. The Hall–Kier alpha value is -3.09. The number of methoxy groups -OCH3 is 2. The van der Waals surface area contributed by atoms with Crippen LogP contribution in [0.4, 0.5) is 5.82 Å². The largest absolute Gasteiger partial charge is 0.497 e. The minimum atomic E-state index is -0.499. The lowest BCUT2D eigenvalue weighted by Crippen LogP contribution is -2.41. The fourth-order valence-electron chi connectivity index (χ4n) is 4.58. The second-order valence-electron chi connectivity index (χ2n) is 8.98. The van der Waals surface area contributed by atoms with Gasteiger partial charge in [-0.25, -0.2) is 4.98 Å². The molecule has 1 saturated carbocycles. The average molecular weight is 454 g/mol. The Bertz CT molecular complexity index is 969. The van der Waals surface area contributed by atoms with Gasteiger partial charge in [0.2, 0.25) is 5.91 Å². The van der Waals surface area contributed by atoms with Crippen LogP contribution in [0, 0.1) is 18.8 Å². The van der Waals surface area contributed by atoms with Gasteiger partial charge in [0, 0.05) is 24.1 Å². The van der Waals surface area contributed by atoms with Crippen molar-refractivity contribution in [2.75, 3.05) is 20.0 Å². The molecule has 0 saturated heterocycles. The number of aryl methyl sites for hydroxylation is 2. The molecule has 7 nitrogen and oxygen atoms in total. The highest BCUT2D eigenvalue weighted by molar-refractivity contribution is 5.89. The highest BCUT2D eigenvalue weighted by Crippen LogP contribution is 2.35. The predicted octanol–water partition coefficient (Wildman–Crippen LogP) is 3.65. The van der Waals surface area contributed by atoms with Crippen LogP contribution in [0.25, 0.3) is 0 Å². The highest BCUT2D eigenvalue weighted by atomic mass is 16.5. The van der Waals surface area contributed by atoms with E-state index in [1.165, 1.54) is 0 Å². The van der Waals surface area contributed by atoms with Gasteiger partial charge >= 0.3 is 0 Å². The monoisotopic (exact) mass is 453 g/mol. The smallest absolute Gasteiger partial charge is 0.223 e. The summed E-state index contributed by atoms with van der Waals surface area (Å²) >= 11 is 0. The highest BCUT2D eigenvalue weighted by Gasteiger charge is 2.31. The van der Waals surface area contributed by atoms with Crippen molar-refractivity contribution >= 4 is 17.5 Å². The summed E-state index contributed by atoms with van der Waals surface area (Å²) in [5, 5.41) is 2.94. The van der Waals surface area contributed by atoms with Crippen LogP contribution in [-0.4, -0.2) is 36.9 Å². The Morgan fingerprint density at radius 1 is 1.15 bits per heavy atom. The molecule has 33 heavy (non-hydrogen) atoms. The third-order valence-electron chi connectivity index (χ3n) is 6.55. The van der Waals surface area contributed by atoms with E-state index in [0.717, 1.165) is 54.0 Å². The number of carbonyl (C=O) groups excluding carboxylic acids is 2. The summed E-state index contributed by atoms with van der Waals surface area (Å²) in [5.74, 6) is 2.39. The van der Waals surface area contributed by atoms with Crippen LogP contribution in [-0.2, 0) is 22.4 Å². The molecule has 1 fully saturated rings. The molecule has 7 heteroatoms. The number of benzene rings is 1. The Morgan fingerprint density at radius 3 is 2.48 bits per heavy atom. The maximum absolute atomic E-state index is 12.8. The number of hydrogen-bond donors (Lipinski definition) is 2. The van der Waals surface area contributed by atoms with Crippen molar-refractivity contribution in [1.29, 1.82) is 0 Å². The minimum Gasteiger partial charge on any atom is -0.497 e. The van der Waals surface area contributed by atoms with Crippen LogP contribution in [0.15, 0.2) is 30.3 Å². The number of rotatable bonds is 10. The summed E-state index contributed by atoms with van der Waals surface area (Å²) in [6.07, 6.45) is 4.48. The number of aromatic nitrogens is 1. The zero-order chi connectivity index (χ0) is 24.0. The van der Waals surface area contributed by atoms with Gasteiger partial charge in [-0.1, -0.05) is 6.07 Å². The topological polar surface area (TPSA) is 104 Å². The molecule has 0 radical (unpaired) electrons. The Balaban J connectivity index is 1.48. The van der Waals surface area contributed by atoms with Crippen molar-refractivity contribution in [2.24, 2.45) is 11.8 Å². The Morgan fingerprint density at radius 2 is 1.85 bits per heavy atom. The predicted molar refractivity (Wildman–Crippen MR) is 128 cm³/mol. The van der Waals surface area contributed by atoms with Gasteiger partial charge in [-0.15, -0.1) is 0 Å². The van der Waals surface area contributed by atoms with E-state index in [1.54, 1.807) is 27.2 Å². The first-order valence-electron chi connectivity index (χ1n) is 11.6. The van der Waals surface area contributed by atoms with Gasteiger partial charge in [-0.05, 0) is 81.2 Å². The molecule has 178 valence electrons. The molecule has 3 rings (SSSR count). The van der Waals surface area contributed by atoms with Gasteiger partial charge in [-0.2, -0.15) is 0 Å². The van der Waals surface area contributed by atoms with Crippen LogP contribution in [0.5, 0.6) is 11.5 Å². The van der Waals surface area contributed by atoms with Gasteiger partial charge in [0.05, 0.1) is 20.3 Å². The van der Waals surface area contributed by atoms with Gasteiger partial charge in [-0.3, -0.25) is 9.59 Å². The maximum Gasteiger partial charge on any atom is 0.223 e. The van der Waals surface area contributed by atoms with E-state index in [1.807, 2.05) is 31.2 Å². The SMILES string of the molecule is COc1cc(C[C@@H]2CC[C@@H](C(=O)N[C@@H](C)C(=O)CCc3ccc(N)nc3C)C2)cc(OC)c1. The Kier molecular flexibility index (Phi) is 8.31. The van der Waals surface area contributed by atoms with E-state index in [2.05, 4.69) is 10.3 Å². The van der Waals surface area contributed by atoms with E-state index in [-0.39, 0.29) is 17.6 Å². The summed E-state index contributed by atoms with van der Waals surface area (Å²) in [6.45, 7) is 3.66. The quantitative estimate of drug-likeness (QED) is 0.569. The summed E-state index contributed by atoms with van der Waals surface area (Å²) in [4.78, 5) is 29.6. The number of nitrogen functional groups attached to an aromatic ring is 1. The van der Waals surface area contributed by atoms with Gasteiger partial charge in [0.1, 0.15) is 17.3 Å². The molecule has 0 spiro atoms. The van der Waals surface area contributed by atoms with Crippen molar-refractivity contribution in [1.82, 2.24) is 10.3 Å². The van der Waals surface area contributed by atoms with E-state index < -0.39 is 6.04 Å². The van der Waals surface area contributed by atoms with Crippen LogP contribution in [0.2, 0.25) is 0 Å². The van der Waals surface area contributed by atoms with Crippen LogP contribution >= 0.6 is 0 Å². The fraction of sp³-hybridized carbons (Fsp3) is 0.500. The standard InChI is InChI=1S/C26H35N3O4/c1-16-20(8-10-25(27)28-16)7-9-24(30)17(2)29-26(31)21-6-5-18(12-21)11-19-13-22(32-3)15-23(14-19)33-4/h8,10,13-15,17-18,21H,5-7,9,11-12H2,1-4H3,(H2,27,28)(H,29,31)/t17-,18-,21+/m0/s1. The number of ketones is 1. The molecule has 1 aliphatic rings. The number of anilines is 1. The third kappa shape index (κ3) is 6.70. The van der Waals surface area contributed by atoms with Crippen molar-refractivity contribution in [3.63, 3.8) is 0 Å². The Labute approximate surface area is 196 Å². The lowest BCUT2D eigenvalue weighted by molar-refractivity contribution is -0.129. The lowest BCUT2D eigenvalue weighted by Gasteiger charge is -2.17. The molecule has 3 atom stereocenters. The molecule has 0 aliphatic heterocycles. The second-order valence-corrected chi connectivity index (χ2v) is 8.98. The maximum atomic E-state index is 12.8. The van der Waals surface area contributed by atoms with E-state index in [0.29, 0.717) is 24.6 Å². The van der Waals surface area contributed by atoms with Crippen LogP contribution in [0.3, 0.4) is 0 Å². The first kappa shape index (κ1) is 24.6. The molecule has 1 heterocycles. The van der Waals surface area contributed by atoms with E-state index in [4.69, 9.17) is 15.2 Å². The number of hydrogen-bond acceptors (Lipinski definition) is 6. The number of nitrogens with one attached hydrogen (secondary N) is 1. The molecular formula is C26H35N3O4. The normalized spacial score (nSPS) is 18.5. The van der Waals surface area contributed by atoms with Crippen molar-refractivity contribution < 1.29 is 19.1 Å². The molecule has 0 unspecified atom stereocenters. The van der Waals surface area contributed by atoms with Crippen molar-refractivity contribution in [2.45, 2.75) is 58.4 Å². The average Bonchev–Trinajstić information content (AvgIpc) is 3.26. The number of nitrogens with zero attached hydrogens (tertiary/aromatic N) is 1. The van der Waals surface area contributed by atoms with Crippen molar-refractivity contribution in [3.8, 4) is 11.5 Å². The number of amides is 1. The first-order valence-corrected chi connectivity index (χ1v) is 11.6. The summed E-state index contributed by atoms with van der Waals surface area (Å²) in [5.41, 5.74) is 8.68. The number of Topliss-reactive ketones (excluding diaryl/α,β-unsaturated/α-hetero) is 1. The third-order valence-corrected chi connectivity index (χ3v) is 6.55. The van der Waals surface area contributed by atoms with Crippen LogP contribution < -0.4 is 20.5 Å².